The lowest BCUT2D eigenvalue weighted by Gasteiger charge is -2.43. The van der Waals surface area contributed by atoms with Gasteiger partial charge in [0.05, 0.1) is 0 Å². The second kappa shape index (κ2) is 9.15. The lowest BCUT2D eigenvalue weighted by molar-refractivity contribution is -0.198. The lowest BCUT2D eigenvalue weighted by atomic mass is 10.2. The van der Waals surface area contributed by atoms with Gasteiger partial charge >= 0.3 is 0 Å². The maximum Gasteiger partial charge on any atom is 0.261 e. The van der Waals surface area contributed by atoms with Crippen molar-refractivity contribution in [3.8, 4) is 0 Å². The van der Waals surface area contributed by atoms with Crippen molar-refractivity contribution in [2.24, 2.45) is 0 Å². The molecule has 0 aliphatic heterocycles. The van der Waals surface area contributed by atoms with E-state index in [0.717, 1.165) is 12.8 Å². The molecule has 2 aromatic rings. The van der Waals surface area contributed by atoms with Crippen molar-refractivity contribution < 1.29 is 13.9 Å². The molecule has 0 fully saturated rings. The van der Waals surface area contributed by atoms with Crippen LogP contribution in [0.1, 0.15) is 40.5 Å². The molecular formula is C23H34O3Si. The summed E-state index contributed by atoms with van der Waals surface area (Å²) in [5.74, 6) is -0.561. The molecular weight excluding hydrogens is 352 g/mol. The molecule has 0 unspecified atom stereocenters. The predicted molar refractivity (Wildman–Crippen MR) is 115 cm³/mol. The molecule has 0 saturated heterocycles. The van der Waals surface area contributed by atoms with Gasteiger partial charge in [-0.15, -0.1) is 0 Å². The van der Waals surface area contributed by atoms with Crippen molar-refractivity contribution in [3.05, 3.63) is 60.7 Å². The fraction of sp³-hybridized carbons (Fsp3) is 0.478. The third-order valence-electron chi connectivity index (χ3n) is 5.37. The van der Waals surface area contributed by atoms with Crippen LogP contribution in [0.4, 0.5) is 0 Å². The highest BCUT2D eigenvalue weighted by molar-refractivity contribution is 6.99. The number of rotatable bonds is 9. The predicted octanol–water partition coefficient (Wildman–Crippen LogP) is 4.35. The first-order chi connectivity index (χ1) is 12.8. The summed E-state index contributed by atoms with van der Waals surface area (Å²) >= 11 is 0. The molecule has 0 saturated carbocycles. The highest BCUT2D eigenvalue weighted by Gasteiger charge is 2.50. The summed E-state index contributed by atoms with van der Waals surface area (Å²) in [5.41, 5.74) is 0. The van der Waals surface area contributed by atoms with E-state index in [2.05, 4.69) is 81.4 Å². The molecule has 0 aliphatic rings. The summed E-state index contributed by atoms with van der Waals surface area (Å²) < 4.78 is 17.9. The second-order valence-corrected chi connectivity index (χ2v) is 12.5. The number of methoxy groups -OCH3 is 2. The van der Waals surface area contributed by atoms with Gasteiger partial charge in [0.25, 0.3) is 8.32 Å². The molecule has 2 rings (SSSR count). The topological polar surface area (TPSA) is 27.7 Å². The van der Waals surface area contributed by atoms with Crippen LogP contribution in [0, 0.1) is 0 Å². The maximum atomic E-state index is 6.88. The van der Waals surface area contributed by atoms with Gasteiger partial charge in [-0.1, -0.05) is 81.4 Å². The van der Waals surface area contributed by atoms with E-state index < -0.39 is 14.1 Å². The Hall–Kier alpha value is -1.46. The molecule has 0 aliphatic carbocycles. The molecule has 2 aromatic carbocycles. The zero-order valence-electron chi connectivity index (χ0n) is 17.6. The number of hydrogen-bond donors (Lipinski definition) is 0. The first-order valence-corrected chi connectivity index (χ1v) is 11.6. The van der Waals surface area contributed by atoms with Crippen LogP contribution < -0.4 is 10.4 Å². The first-order valence-electron chi connectivity index (χ1n) is 9.64. The van der Waals surface area contributed by atoms with E-state index in [1.165, 1.54) is 10.4 Å². The molecule has 3 nitrogen and oxygen atoms in total. The van der Waals surface area contributed by atoms with E-state index in [0.29, 0.717) is 6.61 Å². The smallest absolute Gasteiger partial charge is 0.261 e. The minimum Gasteiger partial charge on any atom is -0.407 e. The van der Waals surface area contributed by atoms with Gasteiger partial charge in [0.2, 0.25) is 0 Å². The summed E-state index contributed by atoms with van der Waals surface area (Å²) in [6.45, 7) is 9.54. The lowest BCUT2D eigenvalue weighted by Crippen LogP contribution is -2.66. The zero-order chi connectivity index (χ0) is 20.0. The van der Waals surface area contributed by atoms with Gasteiger partial charge in [0.15, 0.2) is 5.79 Å². The Kier molecular flexibility index (Phi) is 7.40. The van der Waals surface area contributed by atoms with Crippen molar-refractivity contribution in [1.82, 2.24) is 0 Å². The van der Waals surface area contributed by atoms with Gasteiger partial charge in [-0.25, -0.2) is 0 Å². The van der Waals surface area contributed by atoms with Crippen LogP contribution in [0.15, 0.2) is 60.7 Å². The molecule has 0 spiro atoms. The summed E-state index contributed by atoms with van der Waals surface area (Å²) in [6.07, 6.45) is 1.67. The zero-order valence-corrected chi connectivity index (χ0v) is 18.6. The normalized spacial score (nSPS) is 13.0. The van der Waals surface area contributed by atoms with Crippen molar-refractivity contribution in [3.63, 3.8) is 0 Å². The SMILES string of the molecule is COC(C)(CCCO[Si](c1ccccc1)(c1ccccc1)C(C)(C)C)OC. The van der Waals surface area contributed by atoms with Crippen LogP contribution in [-0.2, 0) is 13.9 Å². The first kappa shape index (κ1) is 21.8. The van der Waals surface area contributed by atoms with Crippen LogP contribution in [0.5, 0.6) is 0 Å². The fourth-order valence-corrected chi connectivity index (χ4v) is 8.27. The quantitative estimate of drug-likeness (QED) is 0.364. The molecule has 0 aromatic heterocycles. The molecule has 0 radical (unpaired) electrons. The maximum absolute atomic E-state index is 6.88. The van der Waals surface area contributed by atoms with Crippen LogP contribution >= 0.6 is 0 Å². The van der Waals surface area contributed by atoms with Gasteiger partial charge in [0, 0.05) is 27.2 Å². The molecule has 0 N–H and O–H groups in total. The summed E-state index contributed by atoms with van der Waals surface area (Å²) in [4.78, 5) is 0. The van der Waals surface area contributed by atoms with Crippen molar-refractivity contribution in [1.29, 1.82) is 0 Å². The number of ether oxygens (including phenoxy) is 2. The molecule has 148 valence electrons. The number of hydrogen-bond acceptors (Lipinski definition) is 3. The van der Waals surface area contributed by atoms with E-state index in [1.807, 2.05) is 6.92 Å². The van der Waals surface area contributed by atoms with Crippen molar-refractivity contribution in [2.45, 2.75) is 51.4 Å². The Morgan fingerprint density at radius 2 is 1.19 bits per heavy atom. The van der Waals surface area contributed by atoms with Gasteiger partial charge < -0.3 is 13.9 Å². The van der Waals surface area contributed by atoms with E-state index in [-0.39, 0.29) is 5.04 Å². The average molecular weight is 387 g/mol. The summed E-state index contributed by atoms with van der Waals surface area (Å²) in [5, 5.41) is 2.62. The highest BCUT2D eigenvalue weighted by Crippen LogP contribution is 2.37. The minimum atomic E-state index is -2.45. The summed E-state index contributed by atoms with van der Waals surface area (Å²) in [7, 11) is 0.926. The monoisotopic (exact) mass is 386 g/mol. The molecule has 27 heavy (non-hydrogen) atoms. The largest absolute Gasteiger partial charge is 0.407 e. The van der Waals surface area contributed by atoms with E-state index >= 15 is 0 Å². The van der Waals surface area contributed by atoms with E-state index in [4.69, 9.17) is 13.9 Å². The van der Waals surface area contributed by atoms with Gasteiger partial charge in [0.1, 0.15) is 0 Å². The third kappa shape index (κ3) is 4.88. The number of benzene rings is 2. The Bertz CT molecular complexity index is 636. The van der Waals surface area contributed by atoms with Crippen LogP contribution in [0.2, 0.25) is 5.04 Å². The van der Waals surface area contributed by atoms with Crippen LogP contribution in [0.3, 0.4) is 0 Å². The van der Waals surface area contributed by atoms with Gasteiger partial charge in [-0.3, -0.25) is 0 Å². The van der Waals surface area contributed by atoms with Crippen LogP contribution in [-0.4, -0.2) is 34.9 Å². The molecule has 4 heteroatoms. The van der Waals surface area contributed by atoms with Crippen molar-refractivity contribution >= 4 is 18.7 Å². The third-order valence-corrected chi connectivity index (χ3v) is 10.4. The van der Waals surface area contributed by atoms with Crippen molar-refractivity contribution in [2.75, 3.05) is 20.8 Å². The molecule has 0 amide bonds. The highest BCUT2D eigenvalue weighted by atomic mass is 28.4. The minimum absolute atomic E-state index is 0.00151. The average Bonchev–Trinajstić information content (AvgIpc) is 2.68. The second-order valence-electron chi connectivity index (χ2n) is 8.16. The Morgan fingerprint density at radius 1 is 0.741 bits per heavy atom. The Labute approximate surface area is 165 Å². The fourth-order valence-electron chi connectivity index (χ4n) is 3.67. The molecule has 0 heterocycles. The standard InChI is InChI=1S/C23H34O3Si/c1-22(2,3)27(20-14-9-7-10-15-20,21-16-11-8-12-17-21)26-19-13-18-23(4,24-5)25-6/h7-12,14-17H,13,18-19H2,1-6H3. The van der Waals surface area contributed by atoms with Gasteiger partial charge in [-0.05, 0) is 28.8 Å². The molecule has 0 atom stereocenters. The van der Waals surface area contributed by atoms with E-state index in [9.17, 15) is 0 Å². The Morgan fingerprint density at radius 3 is 1.56 bits per heavy atom. The van der Waals surface area contributed by atoms with Crippen LogP contribution in [0.25, 0.3) is 0 Å². The summed E-state index contributed by atoms with van der Waals surface area (Å²) in [6, 6.07) is 21.5. The Balaban J connectivity index is 2.35. The van der Waals surface area contributed by atoms with E-state index in [1.54, 1.807) is 14.2 Å². The molecule has 0 bridgehead atoms. The van der Waals surface area contributed by atoms with Gasteiger partial charge in [-0.2, -0.15) is 0 Å².